The molecule has 5 heteroatoms. The summed E-state index contributed by atoms with van der Waals surface area (Å²) in [5.41, 5.74) is 0.522. The smallest absolute Gasteiger partial charge is 0.123 e. The Balaban J connectivity index is 1.69. The SMILES string of the molecule is Cc1cnc([C@H]2CCCN2CC2(O)CCOCC2)[nH]1. The van der Waals surface area contributed by atoms with Gasteiger partial charge in [0.15, 0.2) is 0 Å². The molecule has 2 saturated heterocycles. The van der Waals surface area contributed by atoms with Crippen LogP contribution < -0.4 is 0 Å². The zero-order valence-electron chi connectivity index (χ0n) is 11.6. The highest BCUT2D eigenvalue weighted by Crippen LogP contribution is 2.33. The van der Waals surface area contributed by atoms with Gasteiger partial charge in [-0.1, -0.05) is 0 Å². The summed E-state index contributed by atoms with van der Waals surface area (Å²) < 4.78 is 5.35. The number of likely N-dealkylation sites (tertiary alicyclic amines) is 1. The van der Waals surface area contributed by atoms with Crippen LogP contribution in [0, 0.1) is 6.92 Å². The van der Waals surface area contributed by atoms with Crippen molar-refractivity contribution in [2.45, 2.75) is 44.2 Å². The van der Waals surface area contributed by atoms with Gasteiger partial charge in [-0.2, -0.15) is 0 Å². The maximum Gasteiger partial charge on any atom is 0.123 e. The Morgan fingerprint density at radius 3 is 3.00 bits per heavy atom. The van der Waals surface area contributed by atoms with Crippen LogP contribution >= 0.6 is 0 Å². The van der Waals surface area contributed by atoms with Gasteiger partial charge in [-0.05, 0) is 26.3 Å². The fourth-order valence-corrected chi connectivity index (χ4v) is 3.21. The number of aliphatic hydroxyl groups is 1. The second kappa shape index (κ2) is 5.23. The zero-order valence-corrected chi connectivity index (χ0v) is 11.6. The predicted octanol–water partition coefficient (Wildman–Crippen LogP) is 1.40. The van der Waals surface area contributed by atoms with E-state index in [1.165, 1.54) is 6.42 Å². The molecule has 2 aliphatic rings. The van der Waals surface area contributed by atoms with Crippen LogP contribution in [0.3, 0.4) is 0 Å². The van der Waals surface area contributed by atoms with E-state index >= 15 is 0 Å². The molecular formula is C14H23N3O2. The Bertz CT molecular complexity index is 426. The molecule has 19 heavy (non-hydrogen) atoms. The lowest BCUT2D eigenvalue weighted by Crippen LogP contribution is -2.46. The van der Waals surface area contributed by atoms with Gasteiger partial charge in [0.25, 0.3) is 0 Å². The highest BCUT2D eigenvalue weighted by atomic mass is 16.5. The Morgan fingerprint density at radius 2 is 2.32 bits per heavy atom. The number of nitrogens with one attached hydrogen (secondary N) is 1. The average molecular weight is 265 g/mol. The van der Waals surface area contributed by atoms with Crippen LogP contribution in [0.4, 0.5) is 0 Å². The van der Waals surface area contributed by atoms with Gasteiger partial charge in [0.1, 0.15) is 5.82 Å². The van der Waals surface area contributed by atoms with Crippen LogP contribution in [0.1, 0.15) is 43.2 Å². The summed E-state index contributed by atoms with van der Waals surface area (Å²) in [6, 6.07) is 0.334. The molecule has 0 amide bonds. The van der Waals surface area contributed by atoms with E-state index in [0.717, 1.165) is 43.9 Å². The van der Waals surface area contributed by atoms with Crippen molar-refractivity contribution in [2.75, 3.05) is 26.3 Å². The minimum atomic E-state index is -0.581. The van der Waals surface area contributed by atoms with Crippen LogP contribution in [0.2, 0.25) is 0 Å². The van der Waals surface area contributed by atoms with E-state index in [-0.39, 0.29) is 0 Å². The molecule has 0 aliphatic carbocycles. The molecule has 3 heterocycles. The number of hydrogen-bond acceptors (Lipinski definition) is 4. The summed E-state index contributed by atoms with van der Waals surface area (Å²) >= 11 is 0. The molecule has 0 unspecified atom stereocenters. The molecule has 0 bridgehead atoms. The predicted molar refractivity (Wildman–Crippen MR) is 71.9 cm³/mol. The monoisotopic (exact) mass is 265 g/mol. The molecule has 106 valence electrons. The molecule has 1 aromatic heterocycles. The molecule has 2 N–H and O–H groups in total. The molecule has 0 aromatic carbocycles. The minimum Gasteiger partial charge on any atom is -0.388 e. The second-order valence-electron chi connectivity index (χ2n) is 5.92. The van der Waals surface area contributed by atoms with Gasteiger partial charge in [0, 0.05) is 44.5 Å². The maximum atomic E-state index is 10.6. The number of aromatic nitrogens is 2. The van der Waals surface area contributed by atoms with Gasteiger partial charge in [-0.15, -0.1) is 0 Å². The number of β-amino-alcohol motifs (C(OH)–C–C–N with tert-alkyl or cyclic N) is 1. The Labute approximate surface area is 114 Å². The summed E-state index contributed by atoms with van der Waals surface area (Å²) in [5, 5.41) is 10.6. The molecule has 2 aliphatic heterocycles. The maximum absolute atomic E-state index is 10.6. The minimum absolute atomic E-state index is 0.334. The summed E-state index contributed by atoms with van der Waals surface area (Å²) in [6.45, 7) is 5.17. The zero-order chi connectivity index (χ0) is 13.3. The number of aryl methyl sites for hydroxylation is 1. The van der Waals surface area contributed by atoms with Crippen molar-refractivity contribution in [1.82, 2.24) is 14.9 Å². The number of H-pyrrole nitrogens is 1. The van der Waals surface area contributed by atoms with E-state index in [0.29, 0.717) is 19.3 Å². The van der Waals surface area contributed by atoms with Crippen LogP contribution in [0.25, 0.3) is 0 Å². The molecule has 0 spiro atoms. The van der Waals surface area contributed by atoms with E-state index in [1.54, 1.807) is 0 Å². The number of ether oxygens (including phenoxy) is 1. The number of nitrogens with zero attached hydrogens (tertiary/aromatic N) is 2. The van der Waals surface area contributed by atoms with Gasteiger partial charge in [-0.25, -0.2) is 4.98 Å². The van der Waals surface area contributed by atoms with Crippen LogP contribution in [-0.2, 0) is 4.74 Å². The quantitative estimate of drug-likeness (QED) is 0.867. The van der Waals surface area contributed by atoms with Gasteiger partial charge >= 0.3 is 0 Å². The third-order valence-electron chi connectivity index (χ3n) is 4.32. The fraction of sp³-hybridized carbons (Fsp3) is 0.786. The van der Waals surface area contributed by atoms with Crippen LogP contribution in [0.5, 0.6) is 0 Å². The summed E-state index contributed by atoms with van der Waals surface area (Å²) in [4.78, 5) is 10.2. The fourth-order valence-electron chi connectivity index (χ4n) is 3.21. The number of hydrogen-bond donors (Lipinski definition) is 2. The number of imidazole rings is 1. The lowest BCUT2D eigenvalue weighted by Gasteiger charge is -2.37. The first-order chi connectivity index (χ1) is 9.16. The third kappa shape index (κ3) is 2.83. The standard InChI is InChI=1S/C14H23N3O2/c1-11-9-15-13(16-11)12-3-2-6-17(12)10-14(18)4-7-19-8-5-14/h9,12,18H,2-8,10H2,1H3,(H,15,16)/t12-/m1/s1. The Hall–Kier alpha value is -0.910. The van der Waals surface area contributed by atoms with E-state index < -0.39 is 5.60 Å². The van der Waals surface area contributed by atoms with Crippen molar-refractivity contribution in [1.29, 1.82) is 0 Å². The first-order valence-electron chi connectivity index (χ1n) is 7.22. The van der Waals surface area contributed by atoms with Gasteiger partial charge < -0.3 is 14.8 Å². The van der Waals surface area contributed by atoms with Crippen molar-refractivity contribution < 1.29 is 9.84 Å². The van der Waals surface area contributed by atoms with E-state index in [1.807, 2.05) is 13.1 Å². The van der Waals surface area contributed by atoms with Crippen molar-refractivity contribution in [2.24, 2.45) is 0 Å². The molecular weight excluding hydrogens is 242 g/mol. The molecule has 1 aromatic rings. The van der Waals surface area contributed by atoms with E-state index in [2.05, 4.69) is 14.9 Å². The topological polar surface area (TPSA) is 61.4 Å². The summed E-state index contributed by atoms with van der Waals surface area (Å²) in [5.74, 6) is 1.05. The largest absolute Gasteiger partial charge is 0.388 e. The van der Waals surface area contributed by atoms with Crippen LogP contribution in [-0.4, -0.2) is 51.9 Å². The van der Waals surface area contributed by atoms with Crippen molar-refractivity contribution in [3.63, 3.8) is 0 Å². The highest BCUT2D eigenvalue weighted by molar-refractivity contribution is 5.06. The summed E-state index contributed by atoms with van der Waals surface area (Å²) in [7, 11) is 0. The molecule has 5 nitrogen and oxygen atoms in total. The van der Waals surface area contributed by atoms with Gasteiger partial charge in [0.2, 0.25) is 0 Å². The lowest BCUT2D eigenvalue weighted by atomic mass is 9.93. The van der Waals surface area contributed by atoms with E-state index in [9.17, 15) is 5.11 Å². The normalized spacial score (nSPS) is 27.8. The molecule has 2 fully saturated rings. The Kier molecular flexibility index (Phi) is 3.60. The van der Waals surface area contributed by atoms with Crippen molar-refractivity contribution in [3.8, 4) is 0 Å². The first kappa shape index (κ1) is 13.1. The molecule has 3 rings (SSSR count). The van der Waals surface area contributed by atoms with Crippen LogP contribution in [0.15, 0.2) is 6.20 Å². The van der Waals surface area contributed by atoms with Crippen molar-refractivity contribution in [3.05, 3.63) is 17.7 Å². The number of aromatic amines is 1. The molecule has 1 atom stereocenters. The lowest BCUT2D eigenvalue weighted by molar-refractivity contribution is -0.0818. The van der Waals surface area contributed by atoms with Gasteiger partial charge in [0.05, 0.1) is 11.6 Å². The first-order valence-corrected chi connectivity index (χ1v) is 7.22. The Morgan fingerprint density at radius 1 is 1.53 bits per heavy atom. The van der Waals surface area contributed by atoms with Crippen molar-refractivity contribution >= 4 is 0 Å². The van der Waals surface area contributed by atoms with E-state index in [4.69, 9.17) is 4.74 Å². The average Bonchev–Trinajstić information content (AvgIpc) is 2.98. The number of rotatable bonds is 3. The third-order valence-corrected chi connectivity index (χ3v) is 4.32. The molecule has 0 radical (unpaired) electrons. The molecule has 0 saturated carbocycles. The second-order valence-corrected chi connectivity index (χ2v) is 5.92. The highest BCUT2D eigenvalue weighted by Gasteiger charge is 2.37. The summed E-state index contributed by atoms with van der Waals surface area (Å²) in [6.07, 6.45) is 5.67. The van der Waals surface area contributed by atoms with Gasteiger partial charge in [-0.3, -0.25) is 4.90 Å².